The van der Waals surface area contributed by atoms with Gasteiger partial charge in [0.15, 0.2) is 0 Å². The van der Waals surface area contributed by atoms with E-state index in [-0.39, 0.29) is 0 Å². The lowest BCUT2D eigenvalue weighted by atomic mass is 10.1. The summed E-state index contributed by atoms with van der Waals surface area (Å²) in [7, 11) is 0. The van der Waals surface area contributed by atoms with E-state index in [1.54, 1.807) is 6.08 Å². The largest absolute Gasteiger partial charge is 0.480 e. The summed E-state index contributed by atoms with van der Waals surface area (Å²) in [5.74, 6) is -1.53. The molecule has 0 aliphatic heterocycles. The highest BCUT2D eigenvalue weighted by Gasteiger charge is 2.21. The zero-order chi connectivity index (χ0) is 12.1. The van der Waals surface area contributed by atoms with Crippen molar-refractivity contribution < 1.29 is 14.3 Å². The molecule has 0 amide bonds. The number of hydrogen-bond donors (Lipinski definition) is 2. The molecule has 5 heteroatoms. The second kappa shape index (κ2) is 5.77. The zero-order valence-electron chi connectivity index (χ0n) is 8.41. The van der Waals surface area contributed by atoms with Gasteiger partial charge in [0.25, 0.3) is 0 Å². The molecule has 1 unspecified atom stereocenters. The minimum Gasteiger partial charge on any atom is -0.480 e. The molecule has 0 saturated carbocycles. The second-order valence-corrected chi connectivity index (χ2v) is 3.99. The minimum atomic E-state index is -1.06. The molecule has 0 aliphatic carbocycles. The van der Waals surface area contributed by atoms with Gasteiger partial charge in [0.2, 0.25) is 0 Å². The van der Waals surface area contributed by atoms with E-state index >= 15 is 0 Å². The van der Waals surface area contributed by atoms with Crippen molar-refractivity contribution in [3.63, 3.8) is 0 Å². The predicted octanol–water partition coefficient (Wildman–Crippen LogP) is 2.49. The van der Waals surface area contributed by atoms with Crippen molar-refractivity contribution in [3.05, 3.63) is 46.7 Å². The van der Waals surface area contributed by atoms with Gasteiger partial charge in [0, 0.05) is 11.0 Å². The van der Waals surface area contributed by atoms with Gasteiger partial charge in [-0.2, -0.15) is 0 Å². The molecule has 0 bridgehead atoms. The molecule has 16 heavy (non-hydrogen) atoms. The van der Waals surface area contributed by atoms with Gasteiger partial charge in [-0.15, -0.1) is 6.58 Å². The first-order valence-electron chi connectivity index (χ1n) is 4.58. The average molecular weight is 288 g/mol. The molecule has 0 aromatic heterocycles. The van der Waals surface area contributed by atoms with E-state index in [1.807, 2.05) is 0 Å². The van der Waals surface area contributed by atoms with Crippen molar-refractivity contribution in [2.75, 3.05) is 6.54 Å². The Bertz CT molecular complexity index is 409. The van der Waals surface area contributed by atoms with Gasteiger partial charge < -0.3 is 5.11 Å². The zero-order valence-corrected chi connectivity index (χ0v) is 10.00. The smallest absolute Gasteiger partial charge is 0.325 e. The summed E-state index contributed by atoms with van der Waals surface area (Å²) >= 11 is 3.20. The molecule has 1 aromatic carbocycles. The Balaban J connectivity index is 3.04. The fourth-order valence-electron chi connectivity index (χ4n) is 1.27. The monoisotopic (exact) mass is 287 g/mol. The molecule has 2 N–H and O–H groups in total. The number of hydrogen-bond acceptors (Lipinski definition) is 2. The average Bonchev–Trinajstić information content (AvgIpc) is 2.23. The van der Waals surface area contributed by atoms with Crippen LogP contribution in [0.3, 0.4) is 0 Å². The van der Waals surface area contributed by atoms with Crippen molar-refractivity contribution in [1.82, 2.24) is 5.32 Å². The predicted molar refractivity (Wildman–Crippen MR) is 62.7 cm³/mol. The Morgan fingerprint density at radius 1 is 1.69 bits per heavy atom. The summed E-state index contributed by atoms with van der Waals surface area (Å²) in [4.78, 5) is 11.0. The molecule has 0 heterocycles. The van der Waals surface area contributed by atoms with E-state index in [9.17, 15) is 9.18 Å². The van der Waals surface area contributed by atoms with Crippen molar-refractivity contribution >= 4 is 21.9 Å². The highest BCUT2D eigenvalue weighted by Crippen LogP contribution is 2.24. The molecule has 3 nitrogen and oxygen atoms in total. The van der Waals surface area contributed by atoms with E-state index in [2.05, 4.69) is 27.8 Å². The summed E-state index contributed by atoms with van der Waals surface area (Å²) in [5.41, 5.74) is 0.356. The van der Waals surface area contributed by atoms with Gasteiger partial charge in [-0.25, -0.2) is 4.39 Å². The van der Waals surface area contributed by atoms with Crippen LogP contribution in [0.1, 0.15) is 11.6 Å². The first-order valence-corrected chi connectivity index (χ1v) is 5.37. The van der Waals surface area contributed by atoms with Gasteiger partial charge in [-0.1, -0.05) is 22.0 Å². The number of aliphatic carboxylic acids is 1. The molecule has 0 saturated heterocycles. The summed E-state index contributed by atoms with van der Waals surface area (Å²) in [5, 5.41) is 11.8. The highest BCUT2D eigenvalue weighted by molar-refractivity contribution is 9.10. The number of nitrogens with one attached hydrogen (secondary N) is 1. The van der Waals surface area contributed by atoms with Crippen molar-refractivity contribution in [2.45, 2.75) is 6.04 Å². The maximum atomic E-state index is 13.0. The standard InChI is InChI=1S/C11H11BrFNO2/c1-2-5-14-10(11(15)16)8-6-7(13)3-4-9(8)12/h2-4,6,10,14H,1,5H2,(H,15,16). The van der Waals surface area contributed by atoms with E-state index < -0.39 is 17.8 Å². The van der Waals surface area contributed by atoms with Crippen LogP contribution in [0, 0.1) is 5.82 Å². The van der Waals surface area contributed by atoms with E-state index in [0.29, 0.717) is 16.6 Å². The number of carboxylic acids is 1. The molecule has 0 spiro atoms. The van der Waals surface area contributed by atoms with Crippen LogP contribution in [0.4, 0.5) is 4.39 Å². The maximum absolute atomic E-state index is 13.0. The van der Waals surface area contributed by atoms with E-state index in [4.69, 9.17) is 5.11 Å². The van der Waals surface area contributed by atoms with Crippen LogP contribution in [-0.2, 0) is 4.79 Å². The SMILES string of the molecule is C=CCNC(C(=O)O)c1cc(F)ccc1Br. The molecule has 1 atom stereocenters. The van der Waals surface area contributed by atoms with Gasteiger partial charge in [-0.3, -0.25) is 10.1 Å². The quantitative estimate of drug-likeness (QED) is 0.818. The molecule has 0 aliphatic rings. The van der Waals surface area contributed by atoms with Gasteiger partial charge >= 0.3 is 5.97 Å². The summed E-state index contributed by atoms with van der Waals surface area (Å²) in [6, 6.07) is 2.98. The van der Waals surface area contributed by atoms with Gasteiger partial charge in [-0.05, 0) is 23.8 Å². The first kappa shape index (κ1) is 12.9. The van der Waals surface area contributed by atoms with E-state index in [0.717, 1.165) is 0 Å². The highest BCUT2D eigenvalue weighted by atomic mass is 79.9. The van der Waals surface area contributed by atoms with Crippen LogP contribution in [0.15, 0.2) is 35.3 Å². The fraction of sp³-hybridized carbons (Fsp3) is 0.182. The van der Waals surface area contributed by atoms with E-state index in [1.165, 1.54) is 18.2 Å². The lowest BCUT2D eigenvalue weighted by Crippen LogP contribution is -2.28. The Hall–Kier alpha value is -1.20. The second-order valence-electron chi connectivity index (χ2n) is 3.13. The fourth-order valence-corrected chi connectivity index (χ4v) is 1.74. The molecular weight excluding hydrogens is 277 g/mol. The Morgan fingerprint density at radius 3 is 2.94 bits per heavy atom. The number of halogens is 2. The van der Waals surface area contributed by atoms with Crippen molar-refractivity contribution in [2.24, 2.45) is 0 Å². The first-order chi connectivity index (χ1) is 7.56. The lowest BCUT2D eigenvalue weighted by molar-refractivity contribution is -0.139. The van der Waals surface area contributed by atoms with Crippen molar-refractivity contribution in [3.8, 4) is 0 Å². The maximum Gasteiger partial charge on any atom is 0.325 e. The summed E-state index contributed by atoms with van der Waals surface area (Å²) in [6.45, 7) is 3.82. The van der Waals surface area contributed by atoms with Crippen LogP contribution in [-0.4, -0.2) is 17.6 Å². The number of rotatable bonds is 5. The third kappa shape index (κ3) is 3.15. The normalized spacial score (nSPS) is 12.1. The minimum absolute atomic E-state index is 0.333. The topological polar surface area (TPSA) is 49.3 Å². The molecule has 0 fully saturated rings. The van der Waals surface area contributed by atoms with Gasteiger partial charge in [0.05, 0.1) is 0 Å². The Morgan fingerprint density at radius 2 is 2.38 bits per heavy atom. The molecular formula is C11H11BrFNO2. The molecule has 1 rings (SSSR count). The Labute approximate surface area is 101 Å². The number of carbonyl (C=O) groups is 1. The van der Waals surface area contributed by atoms with Crippen LogP contribution in [0.25, 0.3) is 0 Å². The molecule has 1 aromatic rings. The van der Waals surface area contributed by atoms with Crippen molar-refractivity contribution in [1.29, 1.82) is 0 Å². The third-order valence-corrected chi connectivity index (χ3v) is 2.70. The van der Waals surface area contributed by atoms with Crippen LogP contribution >= 0.6 is 15.9 Å². The number of benzene rings is 1. The molecule has 86 valence electrons. The summed E-state index contributed by atoms with van der Waals surface area (Å²) < 4.78 is 13.6. The van der Waals surface area contributed by atoms with Gasteiger partial charge in [0.1, 0.15) is 11.9 Å². The Kier molecular flexibility index (Phi) is 4.64. The third-order valence-electron chi connectivity index (χ3n) is 1.98. The van der Waals surface area contributed by atoms with Crippen LogP contribution in [0.2, 0.25) is 0 Å². The molecule has 0 radical (unpaired) electrons. The van der Waals surface area contributed by atoms with Crippen LogP contribution in [0.5, 0.6) is 0 Å². The lowest BCUT2D eigenvalue weighted by Gasteiger charge is -2.15. The number of carboxylic acid groups (broad SMARTS) is 1. The summed E-state index contributed by atoms with van der Waals surface area (Å²) in [6.07, 6.45) is 1.54. The van der Waals surface area contributed by atoms with Crippen LogP contribution < -0.4 is 5.32 Å².